The molecule has 0 radical (unpaired) electrons. The molecule has 0 aromatic heterocycles. The van der Waals surface area contributed by atoms with Crippen molar-refractivity contribution in [1.82, 2.24) is 5.32 Å². The standard InChI is InChI=1S/C13H16FIN2O/c14-9-4-5-10(11(15)6-9)13(18)17-12-3-1-2-8(12)7-16/h4-6,8,12H,1-3,7,16H2,(H,17,18). The van der Waals surface area contributed by atoms with Gasteiger partial charge in [0.15, 0.2) is 0 Å². The Balaban J connectivity index is 2.07. The number of benzene rings is 1. The minimum absolute atomic E-state index is 0.134. The first-order valence-corrected chi connectivity index (χ1v) is 7.15. The highest BCUT2D eigenvalue weighted by Crippen LogP contribution is 2.25. The number of nitrogens with two attached hydrogens (primary N) is 1. The van der Waals surface area contributed by atoms with Gasteiger partial charge >= 0.3 is 0 Å². The molecule has 1 aliphatic rings. The normalized spacial score (nSPS) is 23.1. The molecule has 0 bridgehead atoms. The van der Waals surface area contributed by atoms with Gasteiger partial charge in [0.2, 0.25) is 0 Å². The van der Waals surface area contributed by atoms with Gasteiger partial charge in [-0.2, -0.15) is 0 Å². The van der Waals surface area contributed by atoms with E-state index >= 15 is 0 Å². The maximum atomic E-state index is 13.0. The fraction of sp³-hybridized carbons (Fsp3) is 0.462. The van der Waals surface area contributed by atoms with Crippen LogP contribution in [0.4, 0.5) is 4.39 Å². The lowest BCUT2D eigenvalue weighted by molar-refractivity contribution is 0.0928. The van der Waals surface area contributed by atoms with Crippen LogP contribution in [-0.4, -0.2) is 18.5 Å². The molecule has 1 fully saturated rings. The van der Waals surface area contributed by atoms with Crippen molar-refractivity contribution >= 4 is 28.5 Å². The minimum Gasteiger partial charge on any atom is -0.349 e. The molecule has 2 unspecified atom stereocenters. The molecule has 2 rings (SSSR count). The number of rotatable bonds is 3. The van der Waals surface area contributed by atoms with Crippen LogP contribution in [0.2, 0.25) is 0 Å². The summed E-state index contributed by atoms with van der Waals surface area (Å²) < 4.78 is 13.6. The number of amides is 1. The van der Waals surface area contributed by atoms with Crippen LogP contribution in [0.25, 0.3) is 0 Å². The fourth-order valence-electron chi connectivity index (χ4n) is 2.43. The Labute approximate surface area is 119 Å². The predicted molar refractivity (Wildman–Crippen MR) is 76.8 cm³/mol. The summed E-state index contributed by atoms with van der Waals surface area (Å²) in [5.41, 5.74) is 6.21. The highest BCUT2D eigenvalue weighted by Gasteiger charge is 2.27. The van der Waals surface area contributed by atoms with E-state index in [1.807, 2.05) is 22.6 Å². The lowest BCUT2D eigenvalue weighted by atomic mass is 10.0. The lowest BCUT2D eigenvalue weighted by Gasteiger charge is -2.19. The summed E-state index contributed by atoms with van der Waals surface area (Å²) in [6, 6.07) is 4.36. The van der Waals surface area contributed by atoms with Gasteiger partial charge in [-0.05, 0) is 66.1 Å². The van der Waals surface area contributed by atoms with Gasteiger partial charge in [-0.3, -0.25) is 4.79 Å². The smallest absolute Gasteiger partial charge is 0.252 e. The topological polar surface area (TPSA) is 55.1 Å². The van der Waals surface area contributed by atoms with E-state index in [4.69, 9.17) is 5.73 Å². The molecule has 0 spiro atoms. The fourth-order valence-corrected chi connectivity index (χ4v) is 3.15. The first-order chi connectivity index (χ1) is 8.61. The molecule has 1 aromatic carbocycles. The quantitative estimate of drug-likeness (QED) is 0.811. The zero-order chi connectivity index (χ0) is 13.1. The summed E-state index contributed by atoms with van der Waals surface area (Å²) in [6.45, 7) is 0.603. The molecule has 2 atom stereocenters. The minimum atomic E-state index is -0.323. The van der Waals surface area contributed by atoms with E-state index in [-0.39, 0.29) is 17.8 Å². The van der Waals surface area contributed by atoms with Crippen LogP contribution in [0.1, 0.15) is 29.6 Å². The molecule has 3 nitrogen and oxygen atoms in total. The van der Waals surface area contributed by atoms with Gasteiger partial charge in [-0.1, -0.05) is 6.42 Å². The third-order valence-corrected chi connectivity index (χ3v) is 4.35. The van der Waals surface area contributed by atoms with Gasteiger partial charge in [-0.25, -0.2) is 4.39 Å². The van der Waals surface area contributed by atoms with E-state index in [9.17, 15) is 9.18 Å². The van der Waals surface area contributed by atoms with Crippen LogP contribution >= 0.6 is 22.6 Å². The summed E-state index contributed by atoms with van der Waals surface area (Å²) in [5.74, 6) is -0.0894. The second-order valence-electron chi connectivity index (χ2n) is 4.63. The van der Waals surface area contributed by atoms with Gasteiger partial charge in [0.25, 0.3) is 5.91 Å². The Kier molecular flexibility index (Phi) is 4.55. The van der Waals surface area contributed by atoms with Gasteiger partial charge < -0.3 is 11.1 Å². The van der Waals surface area contributed by atoms with Crippen LogP contribution in [0.3, 0.4) is 0 Å². The lowest BCUT2D eigenvalue weighted by Crippen LogP contribution is -2.40. The van der Waals surface area contributed by atoms with Gasteiger partial charge in [-0.15, -0.1) is 0 Å². The van der Waals surface area contributed by atoms with Crippen LogP contribution < -0.4 is 11.1 Å². The number of halogens is 2. The van der Waals surface area contributed by atoms with Crippen molar-refractivity contribution < 1.29 is 9.18 Å². The second kappa shape index (κ2) is 5.97. The number of hydrogen-bond acceptors (Lipinski definition) is 2. The summed E-state index contributed by atoms with van der Waals surface area (Å²) in [7, 11) is 0. The van der Waals surface area contributed by atoms with Crippen LogP contribution in [-0.2, 0) is 0 Å². The largest absolute Gasteiger partial charge is 0.349 e. The Hall–Kier alpha value is -0.690. The van der Waals surface area contributed by atoms with Crippen molar-refractivity contribution in [2.45, 2.75) is 25.3 Å². The molecule has 98 valence electrons. The Morgan fingerprint density at radius 3 is 2.94 bits per heavy atom. The number of nitrogens with one attached hydrogen (secondary N) is 1. The van der Waals surface area contributed by atoms with Crippen molar-refractivity contribution in [2.75, 3.05) is 6.54 Å². The molecular formula is C13H16FIN2O. The van der Waals surface area contributed by atoms with E-state index in [0.29, 0.717) is 21.6 Å². The molecule has 1 saturated carbocycles. The number of hydrogen-bond donors (Lipinski definition) is 2. The van der Waals surface area contributed by atoms with Crippen LogP contribution in [0, 0.1) is 15.3 Å². The summed E-state index contributed by atoms with van der Waals surface area (Å²) in [5, 5.41) is 3.01. The van der Waals surface area contributed by atoms with Crippen molar-refractivity contribution in [2.24, 2.45) is 11.7 Å². The van der Waals surface area contributed by atoms with E-state index in [2.05, 4.69) is 5.32 Å². The van der Waals surface area contributed by atoms with Crippen molar-refractivity contribution in [3.8, 4) is 0 Å². The summed E-state index contributed by atoms with van der Waals surface area (Å²) in [4.78, 5) is 12.1. The van der Waals surface area contributed by atoms with Gasteiger partial charge in [0, 0.05) is 9.61 Å². The molecule has 1 aliphatic carbocycles. The molecular weight excluding hydrogens is 346 g/mol. The van der Waals surface area contributed by atoms with E-state index < -0.39 is 0 Å². The molecule has 1 aromatic rings. The summed E-state index contributed by atoms with van der Waals surface area (Å²) in [6.07, 6.45) is 3.15. The average Bonchev–Trinajstić information content (AvgIpc) is 2.76. The second-order valence-corrected chi connectivity index (χ2v) is 5.79. The number of carbonyl (C=O) groups excluding carboxylic acids is 1. The van der Waals surface area contributed by atoms with Gasteiger partial charge in [0.05, 0.1) is 5.56 Å². The molecule has 1 amide bonds. The highest BCUT2D eigenvalue weighted by atomic mass is 127. The monoisotopic (exact) mass is 362 g/mol. The Morgan fingerprint density at radius 1 is 1.50 bits per heavy atom. The molecule has 0 aliphatic heterocycles. The Morgan fingerprint density at radius 2 is 2.28 bits per heavy atom. The maximum Gasteiger partial charge on any atom is 0.252 e. The Bertz CT molecular complexity index is 453. The van der Waals surface area contributed by atoms with Crippen molar-refractivity contribution in [3.63, 3.8) is 0 Å². The highest BCUT2D eigenvalue weighted by molar-refractivity contribution is 14.1. The predicted octanol–water partition coefficient (Wildman–Crippen LogP) is 2.29. The van der Waals surface area contributed by atoms with E-state index in [1.54, 1.807) is 0 Å². The zero-order valence-electron chi connectivity index (χ0n) is 9.96. The number of carbonyl (C=O) groups is 1. The van der Waals surface area contributed by atoms with Crippen molar-refractivity contribution in [3.05, 3.63) is 33.1 Å². The van der Waals surface area contributed by atoms with Gasteiger partial charge in [0.1, 0.15) is 5.82 Å². The first-order valence-electron chi connectivity index (χ1n) is 6.08. The van der Waals surface area contributed by atoms with Crippen molar-refractivity contribution in [1.29, 1.82) is 0 Å². The SMILES string of the molecule is NCC1CCCC1NC(=O)c1ccc(F)cc1I. The zero-order valence-corrected chi connectivity index (χ0v) is 12.1. The van der Waals surface area contributed by atoms with Crippen LogP contribution in [0.15, 0.2) is 18.2 Å². The average molecular weight is 362 g/mol. The third kappa shape index (κ3) is 3.00. The molecule has 0 saturated heterocycles. The summed E-state index contributed by atoms with van der Waals surface area (Å²) >= 11 is 1.98. The molecule has 3 N–H and O–H groups in total. The van der Waals surface area contributed by atoms with Crippen LogP contribution in [0.5, 0.6) is 0 Å². The molecule has 5 heteroatoms. The van der Waals surface area contributed by atoms with E-state index in [1.165, 1.54) is 18.2 Å². The first kappa shape index (κ1) is 13.7. The molecule has 18 heavy (non-hydrogen) atoms. The maximum absolute atomic E-state index is 13.0. The third-order valence-electron chi connectivity index (χ3n) is 3.45. The van der Waals surface area contributed by atoms with E-state index in [0.717, 1.165) is 19.3 Å². The molecule has 0 heterocycles.